The van der Waals surface area contributed by atoms with E-state index in [1.165, 1.54) is 11.3 Å². The highest BCUT2D eigenvalue weighted by Gasteiger charge is 2.39. The summed E-state index contributed by atoms with van der Waals surface area (Å²) < 4.78 is 5.73. The standard InChI is InChI=1S/C31H42N8O/c1-21(2)17-38-20-37(22(3)40-7)19-27-30(38)32-28(16-31(4,5)6)39(27)18-23-12-14-24(15-13-23)25-10-8-9-11-26(25)29-33-35-36-34-29/h8-15,19,21-22,28H,16-18,20H2,1-7H3,(H,33,34,35,36). The van der Waals surface area contributed by atoms with Crippen molar-refractivity contribution in [1.82, 2.24) is 35.3 Å². The number of aromatic amines is 1. The molecule has 3 heterocycles. The second-order valence-electron chi connectivity index (χ2n) is 12.4. The van der Waals surface area contributed by atoms with Crippen LogP contribution in [-0.4, -0.2) is 73.9 Å². The number of fused-ring (bicyclic) bond motifs is 1. The van der Waals surface area contributed by atoms with Gasteiger partial charge in [-0.3, -0.25) is 0 Å². The smallest absolute Gasteiger partial charge is 0.180 e. The molecule has 0 saturated heterocycles. The molecule has 0 aliphatic carbocycles. The number of nitrogens with zero attached hydrogens (tertiary/aromatic N) is 7. The minimum Gasteiger partial charge on any atom is -0.362 e. The molecule has 0 radical (unpaired) electrons. The van der Waals surface area contributed by atoms with Gasteiger partial charge in [0.2, 0.25) is 0 Å². The van der Waals surface area contributed by atoms with Gasteiger partial charge >= 0.3 is 0 Å². The fourth-order valence-corrected chi connectivity index (χ4v) is 5.44. The van der Waals surface area contributed by atoms with E-state index in [4.69, 9.17) is 9.73 Å². The number of aromatic nitrogens is 4. The van der Waals surface area contributed by atoms with E-state index in [9.17, 15) is 0 Å². The van der Waals surface area contributed by atoms with Crippen molar-refractivity contribution in [2.24, 2.45) is 16.3 Å². The molecule has 0 fully saturated rings. The Labute approximate surface area is 237 Å². The predicted octanol–water partition coefficient (Wildman–Crippen LogP) is 5.58. The van der Waals surface area contributed by atoms with Gasteiger partial charge in [0.1, 0.15) is 12.4 Å². The Morgan fingerprint density at radius 2 is 1.75 bits per heavy atom. The topological polar surface area (TPSA) is 85.8 Å². The van der Waals surface area contributed by atoms with Crippen LogP contribution in [0.2, 0.25) is 0 Å². The molecule has 1 N–H and O–H groups in total. The SMILES string of the molecule is COC(C)N1C=C2C(=NC(CC(C)(C)C)N2Cc2ccc(-c3ccccc3-c3nnn[nH]3)cc2)N(CC(C)C)C1. The van der Waals surface area contributed by atoms with Crippen LogP contribution in [0.5, 0.6) is 0 Å². The zero-order valence-electron chi connectivity index (χ0n) is 24.8. The Balaban J connectivity index is 1.46. The molecule has 9 nitrogen and oxygen atoms in total. The number of methoxy groups -OCH3 is 1. The van der Waals surface area contributed by atoms with Crippen LogP contribution in [-0.2, 0) is 11.3 Å². The van der Waals surface area contributed by atoms with Crippen molar-refractivity contribution in [1.29, 1.82) is 0 Å². The van der Waals surface area contributed by atoms with E-state index in [-0.39, 0.29) is 17.8 Å². The van der Waals surface area contributed by atoms with Crippen molar-refractivity contribution in [3.05, 3.63) is 66.0 Å². The van der Waals surface area contributed by atoms with Crippen molar-refractivity contribution in [3.63, 3.8) is 0 Å². The first-order valence-corrected chi connectivity index (χ1v) is 14.2. The second kappa shape index (κ2) is 11.4. The molecule has 3 aromatic rings. The molecule has 2 aliphatic rings. The van der Waals surface area contributed by atoms with E-state index >= 15 is 0 Å². The van der Waals surface area contributed by atoms with Crippen molar-refractivity contribution in [3.8, 4) is 22.5 Å². The fourth-order valence-electron chi connectivity index (χ4n) is 5.44. The van der Waals surface area contributed by atoms with Crippen LogP contribution in [0, 0.1) is 11.3 Å². The molecular formula is C31H42N8O. The van der Waals surface area contributed by atoms with Gasteiger partial charge in [0, 0.05) is 32.0 Å². The Bertz CT molecular complexity index is 1340. The van der Waals surface area contributed by atoms with Gasteiger partial charge in [0.25, 0.3) is 0 Å². The zero-order valence-corrected chi connectivity index (χ0v) is 24.8. The van der Waals surface area contributed by atoms with Crippen molar-refractivity contribution < 1.29 is 4.74 Å². The van der Waals surface area contributed by atoms with Gasteiger partial charge in [-0.25, -0.2) is 10.1 Å². The maximum atomic E-state index is 5.73. The molecule has 2 unspecified atom stereocenters. The van der Waals surface area contributed by atoms with Crippen LogP contribution < -0.4 is 0 Å². The summed E-state index contributed by atoms with van der Waals surface area (Å²) in [6, 6.07) is 17.0. The van der Waals surface area contributed by atoms with Crippen molar-refractivity contribution in [2.75, 3.05) is 20.3 Å². The summed E-state index contributed by atoms with van der Waals surface area (Å²) in [5.74, 6) is 2.30. The highest BCUT2D eigenvalue weighted by molar-refractivity contribution is 6.00. The summed E-state index contributed by atoms with van der Waals surface area (Å²) in [5.41, 5.74) is 5.76. The summed E-state index contributed by atoms with van der Waals surface area (Å²) in [6.45, 7) is 16.0. The highest BCUT2D eigenvalue weighted by atomic mass is 16.5. The third-order valence-corrected chi connectivity index (χ3v) is 7.43. The largest absolute Gasteiger partial charge is 0.362 e. The number of tetrazole rings is 1. The zero-order chi connectivity index (χ0) is 28.4. The van der Waals surface area contributed by atoms with E-state index < -0.39 is 0 Å². The number of amidine groups is 1. The van der Waals surface area contributed by atoms with E-state index in [1.807, 2.05) is 18.2 Å². The van der Waals surface area contributed by atoms with Gasteiger partial charge < -0.3 is 19.4 Å². The quantitative estimate of drug-likeness (QED) is 0.378. The number of hydrogen-bond donors (Lipinski definition) is 1. The Morgan fingerprint density at radius 1 is 1.02 bits per heavy atom. The summed E-state index contributed by atoms with van der Waals surface area (Å²) in [4.78, 5) is 12.5. The second-order valence-corrected chi connectivity index (χ2v) is 12.4. The molecule has 2 aliphatic heterocycles. The van der Waals surface area contributed by atoms with Gasteiger partial charge in [-0.15, -0.1) is 5.10 Å². The Kier molecular flexibility index (Phi) is 7.94. The van der Waals surface area contributed by atoms with Crippen LogP contribution >= 0.6 is 0 Å². The van der Waals surface area contributed by atoms with E-state index in [1.54, 1.807) is 7.11 Å². The lowest BCUT2D eigenvalue weighted by atomic mass is 9.90. The van der Waals surface area contributed by atoms with E-state index in [0.717, 1.165) is 48.7 Å². The molecule has 212 valence electrons. The van der Waals surface area contributed by atoms with Crippen LogP contribution in [0.3, 0.4) is 0 Å². The maximum absolute atomic E-state index is 5.73. The van der Waals surface area contributed by atoms with Gasteiger partial charge in [0.15, 0.2) is 11.7 Å². The molecule has 0 amide bonds. The summed E-state index contributed by atoms with van der Waals surface area (Å²) in [7, 11) is 1.77. The molecule has 1 aromatic heterocycles. The van der Waals surface area contributed by atoms with E-state index in [2.05, 4.69) is 113 Å². The number of ether oxygens (including phenoxy) is 1. The molecule has 0 spiro atoms. The number of rotatable bonds is 9. The molecule has 2 aromatic carbocycles. The molecule has 5 rings (SSSR count). The minimum atomic E-state index is -0.0221. The number of H-pyrrole nitrogens is 1. The first-order chi connectivity index (χ1) is 19.1. The van der Waals surface area contributed by atoms with Gasteiger partial charge in [-0.1, -0.05) is 83.1 Å². The number of hydrogen-bond acceptors (Lipinski definition) is 8. The summed E-state index contributed by atoms with van der Waals surface area (Å²) >= 11 is 0. The van der Waals surface area contributed by atoms with Gasteiger partial charge in [-0.2, -0.15) is 0 Å². The molecule has 40 heavy (non-hydrogen) atoms. The average Bonchev–Trinajstić information content (AvgIpc) is 3.57. The molecular weight excluding hydrogens is 500 g/mol. The number of benzene rings is 2. The summed E-state index contributed by atoms with van der Waals surface area (Å²) in [5, 5.41) is 14.5. The third kappa shape index (κ3) is 6.04. The maximum Gasteiger partial charge on any atom is 0.180 e. The minimum absolute atomic E-state index is 0.0221. The predicted molar refractivity (Wildman–Crippen MR) is 159 cm³/mol. The van der Waals surface area contributed by atoms with Gasteiger partial charge in [0.05, 0.1) is 12.4 Å². The van der Waals surface area contributed by atoms with Crippen LogP contribution in [0.1, 0.15) is 53.5 Å². The van der Waals surface area contributed by atoms with Gasteiger partial charge in [-0.05, 0) is 51.8 Å². The Hall–Kier alpha value is -3.72. The van der Waals surface area contributed by atoms with Crippen molar-refractivity contribution in [2.45, 2.75) is 66.9 Å². The van der Waals surface area contributed by atoms with E-state index in [0.29, 0.717) is 11.7 Å². The molecule has 9 heteroatoms. The summed E-state index contributed by atoms with van der Waals surface area (Å²) in [6.07, 6.45) is 3.28. The first kappa shape index (κ1) is 27.8. The molecule has 2 atom stereocenters. The van der Waals surface area contributed by atoms with Crippen LogP contribution in [0.25, 0.3) is 22.5 Å². The average molecular weight is 543 g/mol. The number of aliphatic imine (C=N–C) groups is 1. The first-order valence-electron chi connectivity index (χ1n) is 14.2. The van der Waals surface area contributed by atoms with Crippen LogP contribution in [0.15, 0.2) is 65.4 Å². The fraction of sp³-hybridized carbons (Fsp3) is 0.484. The lowest BCUT2D eigenvalue weighted by molar-refractivity contribution is -0.0125. The molecule has 0 saturated carbocycles. The lowest BCUT2D eigenvalue weighted by Gasteiger charge is -2.41. The molecule has 0 bridgehead atoms. The van der Waals surface area contributed by atoms with Crippen LogP contribution in [0.4, 0.5) is 0 Å². The van der Waals surface area contributed by atoms with Crippen molar-refractivity contribution >= 4 is 5.84 Å². The normalized spacial score (nSPS) is 18.2. The lowest BCUT2D eigenvalue weighted by Crippen LogP contribution is -2.50. The Morgan fingerprint density at radius 3 is 2.38 bits per heavy atom. The monoisotopic (exact) mass is 542 g/mol. The number of nitrogens with one attached hydrogen (secondary N) is 1. The highest BCUT2D eigenvalue weighted by Crippen LogP contribution is 2.36. The third-order valence-electron chi connectivity index (χ3n) is 7.43.